The molecule has 38 heavy (non-hydrogen) atoms. The van der Waals surface area contributed by atoms with E-state index < -0.39 is 23.8 Å². The van der Waals surface area contributed by atoms with Crippen molar-refractivity contribution in [2.24, 2.45) is 23.5 Å². The summed E-state index contributed by atoms with van der Waals surface area (Å²) < 4.78 is 5.96. The summed E-state index contributed by atoms with van der Waals surface area (Å²) in [6.07, 6.45) is 5.20. The Morgan fingerprint density at radius 2 is 1.79 bits per heavy atom. The smallest absolute Gasteiger partial charge is 0.245 e. The maximum absolute atomic E-state index is 13.6. The second kappa shape index (κ2) is 14.6. The van der Waals surface area contributed by atoms with Crippen molar-refractivity contribution in [1.29, 1.82) is 0 Å². The number of primary amides is 1. The summed E-state index contributed by atoms with van der Waals surface area (Å²) >= 11 is 0. The fourth-order valence-electron chi connectivity index (χ4n) is 5.15. The van der Waals surface area contributed by atoms with E-state index >= 15 is 0 Å². The number of hydrogen-bond acceptors (Lipinski definition) is 4. The first-order valence-electron chi connectivity index (χ1n) is 14.0. The molecular weight excluding hydrogens is 478 g/mol. The topological polar surface area (TPSA) is 102 Å². The average Bonchev–Trinajstić information content (AvgIpc) is 3.05. The normalized spacial score (nSPS) is 17.5. The number of nitrogens with one attached hydrogen (secondary N) is 1. The van der Waals surface area contributed by atoms with Crippen LogP contribution in [0.2, 0.25) is 0 Å². The van der Waals surface area contributed by atoms with Crippen LogP contribution in [0, 0.1) is 17.8 Å². The number of unbranched alkanes of at least 4 members (excludes halogenated alkanes) is 1. The summed E-state index contributed by atoms with van der Waals surface area (Å²) in [7, 11) is 0. The quantitative estimate of drug-likeness (QED) is 0.367. The molecule has 0 aliphatic carbocycles. The highest BCUT2D eigenvalue weighted by atomic mass is 16.5. The number of carbonyl (C=O) groups is 3. The van der Waals surface area contributed by atoms with Gasteiger partial charge in [0, 0.05) is 24.9 Å². The lowest BCUT2D eigenvalue weighted by atomic mass is 9.81. The number of nitrogens with two attached hydrogens (primary N) is 1. The van der Waals surface area contributed by atoms with E-state index in [9.17, 15) is 14.4 Å². The molecule has 1 saturated heterocycles. The van der Waals surface area contributed by atoms with Crippen molar-refractivity contribution in [3.05, 3.63) is 60.2 Å². The molecule has 1 heterocycles. The van der Waals surface area contributed by atoms with Gasteiger partial charge in [-0.2, -0.15) is 0 Å². The van der Waals surface area contributed by atoms with Gasteiger partial charge in [-0.25, -0.2) is 0 Å². The first-order valence-corrected chi connectivity index (χ1v) is 14.0. The van der Waals surface area contributed by atoms with Crippen molar-refractivity contribution in [1.82, 2.24) is 10.2 Å². The molecule has 0 saturated carbocycles. The highest BCUT2D eigenvalue weighted by Crippen LogP contribution is 2.27. The van der Waals surface area contributed by atoms with Gasteiger partial charge in [0.25, 0.3) is 0 Å². The maximum Gasteiger partial charge on any atom is 0.245 e. The first kappa shape index (κ1) is 29.2. The molecule has 0 radical (unpaired) electrons. The lowest BCUT2D eigenvalue weighted by Crippen LogP contribution is -2.50. The molecule has 206 valence electrons. The minimum Gasteiger partial charge on any atom is -0.457 e. The van der Waals surface area contributed by atoms with E-state index in [1.54, 1.807) is 0 Å². The van der Waals surface area contributed by atoms with Crippen LogP contribution in [-0.4, -0.2) is 35.2 Å². The highest BCUT2D eigenvalue weighted by Gasteiger charge is 2.36. The van der Waals surface area contributed by atoms with Crippen LogP contribution in [0.1, 0.15) is 71.3 Å². The molecule has 0 spiro atoms. The first-order chi connectivity index (χ1) is 18.3. The van der Waals surface area contributed by atoms with Gasteiger partial charge in [0.1, 0.15) is 17.5 Å². The van der Waals surface area contributed by atoms with E-state index in [4.69, 9.17) is 10.5 Å². The van der Waals surface area contributed by atoms with Gasteiger partial charge in [-0.05, 0) is 67.9 Å². The zero-order valence-electron chi connectivity index (χ0n) is 23.0. The number of ether oxygens (including phenoxy) is 1. The molecule has 0 unspecified atom stereocenters. The Morgan fingerprint density at radius 3 is 2.47 bits per heavy atom. The average molecular weight is 522 g/mol. The van der Waals surface area contributed by atoms with Crippen LogP contribution >= 0.6 is 0 Å². The summed E-state index contributed by atoms with van der Waals surface area (Å²) in [6.45, 7) is 7.19. The number of para-hydroxylation sites is 1. The number of carbonyl (C=O) groups excluding carboxylic acids is 3. The van der Waals surface area contributed by atoms with Gasteiger partial charge in [-0.15, -0.1) is 0 Å². The molecule has 2 aromatic rings. The Hall–Kier alpha value is -3.35. The van der Waals surface area contributed by atoms with Crippen LogP contribution in [-0.2, 0) is 20.9 Å². The summed E-state index contributed by atoms with van der Waals surface area (Å²) in [5, 5.41) is 3.02. The van der Waals surface area contributed by atoms with E-state index in [-0.39, 0.29) is 17.7 Å². The molecule has 7 nitrogen and oxygen atoms in total. The fourth-order valence-corrected chi connectivity index (χ4v) is 5.15. The molecule has 3 amide bonds. The Balaban J connectivity index is 1.71. The number of nitrogens with zero attached hydrogens (tertiary/aromatic N) is 1. The number of hydrogen-bond donors (Lipinski definition) is 2. The van der Waals surface area contributed by atoms with Gasteiger partial charge in [0.05, 0.1) is 0 Å². The van der Waals surface area contributed by atoms with Crippen LogP contribution < -0.4 is 15.8 Å². The molecule has 0 bridgehead atoms. The second-order valence-electron chi connectivity index (χ2n) is 10.8. The zero-order valence-corrected chi connectivity index (χ0v) is 23.0. The SMILES string of the molecule is CCCC[C@H](C(N)=O)[C@@H](CC(C)C)C(=O)N[C@H]1CCCCN(Cc2cccc(Oc3ccccc3)c2)C1=O. The van der Waals surface area contributed by atoms with Gasteiger partial charge in [0.15, 0.2) is 0 Å². The predicted molar refractivity (Wildman–Crippen MR) is 149 cm³/mol. The standard InChI is InChI=1S/C31H43N3O4/c1-4-5-16-26(29(32)35)27(19-22(2)3)30(36)33-28-17-9-10-18-34(31(28)37)21-23-12-11-15-25(20-23)38-24-13-7-6-8-14-24/h6-8,11-15,20,22,26-28H,4-5,9-10,16-19,21H2,1-3H3,(H2,32,35)(H,33,36)/t26-,27+,28-/m0/s1. The zero-order chi connectivity index (χ0) is 27.5. The molecule has 1 aliphatic rings. The molecular formula is C31H43N3O4. The molecule has 2 aromatic carbocycles. The van der Waals surface area contributed by atoms with Crippen molar-refractivity contribution in [3.8, 4) is 11.5 Å². The Bertz CT molecular complexity index is 1060. The lowest BCUT2D eigenvalue weighted by Gasteiger charge is -2.29. The van der Waals surface area contributed by atoms with Gasteiger partial charge in [0.2, 0.25) is 17.7 Å². The number of likely N-dealkylation sites (tertiary alicyclic amines) is 1. The van der Waals surface area contributed by atoms with Crippen LogP contribution in [0.15, 0.2) is 54.6 Å². The largest absolute Gasteiger partial charge is 0.457 e. The van der Waals surface area contributed by atoms with E-state index in [2.05, 4.69) is 12.2 Å². The number of amides is 3. The fraction of sp³-hybridized carbons (Fsp3) is 0.516. The Labute approximate surface area is 227 Å². The van der Waals surface area contributed by atoms with Gasteiger partial charge in [-0.1, -0.05) is 63.9 Å². The van der Waals surface area contributed by atoms with E-state index in [1.807, 2.05) is 73.3 Å². The van der Waals surface area contributed by atoms with Crippen molar-refractivity contribution in [3.63, 3.8) is 0 Å². The molecule has 3 rings (SSSR count). The Morgan fingerprint density at radius 1 is 1.05 bits per heavy atom. The third-order valence-corrected chi connectivity index (χ3v) is 7.13. The number of benzene rings is 2. The van der Waals surface area contributed by atoms with Gasteiger partial charge < -0.3 is 20.7 Å². The van der Waals surface area contributed by atoms with Crippen LogP contribution in [0.3, 0.4) is 0 Å². The van der Waals surface area contributed by atoms with E-state index in [0.717, 1.165) is 37.0 Å². The summed E-state index contributed by atoms with van der Waals surface area (Å²) in [4.78, 5) is 41.2. The number of rotatable bonds is 13. The van der Waals surface area contributed by atoms with E-state index in [1.165, 1.54) is 0 Å². The lowest BCUT2D eigenvalue weighted by molar-refractivity contribution is -0.139. The van der Waals surface area contributed by atoms with Crippen LogP contribution in [0.4, 0.5) is 0 Å². The Kier molecular flexibility index (Phi) is 11.2. The van der Waals surface area contributed by atoms with Crippen molar-refractivity contribution in [2.45, 2.75) is 78.3 Å². The highest BCUT2D eigenvalue weighted by molar-refractivity contribution is 5.91. The second-order valence-corrected chi connectivity index (χ2v) is 10.8. The van der Waals surface area contributed by atoms with Crippen molar-refractivity contribution >= 4 is 17.7 Å². The summed E-state index contributed by atoms with van der Waals surface area (Å²) in [6, 6.07) is 16.7. The monoisotopic (exact) mass is 521 g/mol. The van der Waals surface area contributed by atoms with Crippen molar-refractivity contribution < 1.29 is 19.1 Å². The minimum atomic E-state index is -0.608. The third-order valence-electron chi connectivity index (χ3n) is 7.13. The molecule has 7 heteroatoms. The third kappa shape index (κ3) is 8.61. The van der Waals surface area contributed by atoms with E-state index in [0.29, 0.717) is 38.1 Å². The van der Waals surface area contributed by atoms with Crippen LogP contribution in [0.25, 0.3) is 0 Å². The molecule has 1 aliphatic heterocycles. The minimum absolute atomic E-state index is 0.0855. The summed E-state index contributed by atoms with van der Waals surface area (Å²) in [5.74, 6) is -0.136. The van der Waals surface area contributed by atoms with Gasteiger partial charge >= 0.3 is 0 Å². The molecule has 0 aromatic heterocycles. The molecule has 3 atom stereocenters. The van der Waals surface area contributed by atoms with Crippen molar-refractivity contribution in [2.75, 3.05) is 6.54 Å². The van der Waals surface area contributed by atoms with Crippen LogP contribution in [0.5, 0.6) is 11.5 Å². The molecule has 3 N–H and O–H groups in total. The maximum atomic E-state index is 13.6. The van der Waals surface area contributed by atoms with Gasteiger partial charge in [-0.3, -0.25) is 14.4 Å². The molecule has 1 fully saturated rings. The predicted octanol–water partition coefficient (Wildman–Crippen LogP) is 5.43. The summed E-state index contributed by atoms with van der Waals surface area (Å²) in [5.41, 5.74) is 6.70.